The van der Waals surface area contributed by atoms with Crippen LogP contribution in [0.4, 0.5) is 0 Å². The van der Waals surface area contributed by atoms with Gasteiger partial charge in [0.25, 0.3) is 0 Å². The van der Waals surface area contributed by atoms with Gasteiger partial charge in [0, 0.05) is 0 Å². The van der Waals surface area contributed by atoms with Crippen LogP contribution in [0.5, 0.6) is 0 Å². The highest BCUT2D eigenvalue weighted by Crippen LogP contribution is 2.33. The second kappa shape index (κ2) is 9.35. The molecule has 0 radical (unpaired) electrons. The first kappa shape index (κ1) is 14.4. The molecule has 1 aliphatic carbocycles. The molecule has 1 N–H and O–H groups in total. The third-order valence-corrected chi connectivity index (χ3v) is 4.78. The van der Waals surface area contributed by atoms with Crippen molar-refractivity contribution in [2.45, 2.75) is 52.4 Å². The quantitative estimate of drug-likeness (QED) is 0.616. The average molecular weight is 243 g/mol. The van der Waals surface area contributed by atoms with E-state index >= 15 is 0 Å². The standard InChI is InChI=1S/C14H29NS/c1-3-15-12-14(10-7-11-16-4-2)13-8-5-6-9-13/h13-15H,3-12H2,1-2H3. The molecule has 0 aliphatic heterocycles. The molecular formula is C14H29NS. The Morgan fingerprint density at radius 2 is 2.00 bits per heavy atom. The molecule has 1 nitrogen and oxygen atoms in total. The number of rotatable bonds is 9. The van der Waals surface area contributed by atoms with Gasteiger partial charge in [0.2, 0.25) is 0 Å². The van der Waals surface area contributed by atoms with Crippen molar-refractivity contribution in [1.82, 2.24) is 5.32 Å². The summed E-state index contributed by atoms with van der Waals surface area (Å²) in [4.78, 5) is 0. The van der Waals surface area contributed by atoms with Gasteiger partial charge in [-0.25, -0.2) is 0 Å². The molecule has 96 valence electrons. The van der Waals surface area contributed by atoms with Gasteiger partial charge in [-0.3, -0.25) is 0 Å². The van der Waals surface area contributed by atoms with Crippen LogP contribution in [0, 0.1) is 11.8 Å². The van der Waals surface area contributed by atoms with E-state index in [4.69, 9.17) is 0 Å². The van der Waals surface area contributed by atoms with Gasteiger partial charge in [0.15, 0.2) is 0 Å². The van der Waals surface area contributed by atoms with Crippen LogP contribution in [-0.4, -0.2) is 24.6 Å². The molecule has 0 spiro atoms. The van der Waals surface area contributed by atoms with Gasteiger partial charge in [0.05, 0.1) is 0 Å². The second-order valence-electron chi connectivity index (χ2n) is 4.95. The summed E-state index contributed by atoms with van der Waals surface area (Å²) in [6, 6.07) is 0. The van der Waals surface area contributed by atoms with Gasteiger partial charge in [-0.1, -0.05) is 39.5 Å². The molecule has 16 heavy (non-hydrogen) atoms. The van der Waals surface area contributed by atoms with Crippen molar-refractivity contribution in [1.29, 1.82) is 0 Å². The lowest BCUT2D eigenvalue weighted by Gasteiger charge is -2.23. The lowest BCUT2D eigenvalue weighted by molar-refractivity contribution is 0.305. The minimum absolute atomic E-state index is 0.958. The summed E-state index contributed by atoms with van der Waals surface area (Å²) in [6.45, 7) is 6.88. The molecule has 0 aromatic carbocycles. The fraction of sp³-hybridized carbons (Fsp3) is 1.00. The van der Waals surface area contributed by atoms with E-state index in [0.29, 0.717) is 0 Å². The van der Waals surface area contributed by atoms with Gasteiger partial charge in [-0.2, -0.15) is 11.8 Å². The molecule has 2 heteroatoms. The Bertz CT molecular complexity index is 155. The predicted octanol–water partition coefficient (Wildman–Crippen LogP) is 3.94. The Balaban J connectivity index is 2.19. The van der Waals surface area contributed by atoms with Crippen molar-refractivity contribution in [3.8, 4) is 0 Å². The summed E-state index contributed by atoms with van der Waals surface area (Å²) in [5.74, 6) is 4.64. The molecule has 1 fully saturated rings. The summed E-state index contributed by atoms with van der Waals surface area (Å²) in [6.07, 6.45) is 8.83. The minimum atomic E-state index is 0.958. The first-order valence-electron chi connectivity index (χ1n) is 7.16. The molecule has 1 atom stereocenters. The van der Waals surface area contributed by atoms with Crippen molar-refractivity contribution < 1.29 is 0 Å². The van der Waals surface area contributed by atoms with Crippen molar-refractivity contribution in [3.63, 3.8) is 0 Å². The largest absolute Gasteiger partial charge is 0.317 e. The normalized spacial score (nSPS) is 19.1. The predicted molar refractivity (Wildman–Crippen MR) is 76.2 cm³/mol. The van der Waals surface area contributed by atoms with E-state index < -0.39 is 0 Å². The van der Waals surface area contributed by atoms with Crippen LogP contribution in [0.25, 0.3) is 0 Å². The minimum Gasteiger partial charge on any atom is -0.317 e. The zero-order chi connectivity index (χ0) is 11.6. The highest BCUT2D eigenvalue weighted by molar-refractivity contribution is 7.99. The Morgan fingerprint density at radius 1 is 1.25 bits per heavy atom. The zero-order valence-corrected chi connectivity index (χ0v) is 12.0. The second-order valence-corrected chi connectivity index (χ2v) is 6.35. The smallest absolute Gasteiger partial charge is 0.00180 e. The lowest BCUT2D eigenvalue weighted by atomic mass is 9.87. The van der Waals surface area contributed by atoms with Crippen LogP contribution in [0.3, 0.4) is 0 Å². The van der Waals surface area contributed by atoms with E-state index in [-0.39, 0.29) is 0 Å². The fourth-order valence-electron chi connectivity index (χ4n) is 2.85. The molecule has 1 saturated carbocycles. The number of nitrogens with one attached hydrogen (secondary N) is 1. The summed E-state index contributed by atoms with van der Waals surface area (Å²) >= 11 is 2.10. The van der Waals surface area contributed by atoms with E-state index in [2.05, 4.69) is 30.9 Å². The van der Waals surface area contributed by atoms with Crippen LogP contribution in [0.1, 0.15) is 52.4 Å². The molecule has 0 bridgehead atoms. The van der Waals surface area contributed by atoms with Gasteiger partial charge < -0.3 is 5.32 Å². The van der Waals surface area contributed by atoms with Crippen molar-refractivity contribution in [2.24, 2.45) is 11.8 Å². The third kappa shape index (κ3) is 5.58. The maximum atomic E-state index is 3.56. The fourth-order valence-corrected chi connectivity index (χ4v) is 3.51. The first-order valence-corrected chi connectivity index (χ1v) is 8.32. The van der Waals surface area contributed by atoms with Crippen molar-refractivity contribution in [3.05, 3.63) is 0 Å². The highest BCUT2D eigenvalue weighted by atomic mass is 32.2. The average Bonchev–Trinajstić information content (AvgIpc) is 2.82. The molecule has 0 aromatic rings. The molecule has 0 heterocycles. The topological polar surface area (TPSA) is 12.0 Å². The van der Waals surface area contributed by atoms with Gasteiger partial charge in [0.1, 0.15) is 0 Å². The van der Waals surface area contributed by atoms with Gasteiger partial charge in [-0.05, 0) is 49.3 Å². The maximum Gasteiger partial charge on any atom is -0.00180 e. The van der Waals surface area contributed by atoms with E-state index in [1.54, 1.807) is 0 Å². The Morgan fingerprint density at radius 3 is 2.62 bits per heavy atom. The van der Waals surface area contributed by atoms with Gasteiger partial charge >= 0.3 is 0 Å². The van der Waals surface area contributed by atoms with Crippen LogP contribution >= 0.6 is 11.8 Å². The summed E-state index contributed by atoms with van der Waals surface area (Å²) < 4.78 is 0. The van der Waals surface area contributed by atoms with Crippen molar-refractivity contribution >= 4 is 11.8 Å². The van der Waals surface area contributed by atoms with Crippen LogP contribution in [-0.2, 0) is 0 Å². The first-order chi connectivity index (χ1) is 7.88. The van der Waals surface area contributed by atoms with E-state index in [1.165, 1.54) is 56.6 Å². The summed E-state index contributed by atoms with van der Waals surface area (Å²) in [7, 11) is 0. The number of hydrogen-bond donors (Lipinski definition) is 1. The van der Waals surface area contributed by atoms with E-state index in [9.17, 15) is 0 Å². The monoisotopic (exact) mass is 243 g/mol. The summed E-state index contributed by atoms with van der Waals surface area (Å²) in [5, 5.41) is 3.56. The highest BCUT2D eigenvalue weighted by Gasteiger charge is 2.23. The van der Waals surface area contributed by atoms with Crippen LogP contribution < -0.4 is 5.32 Å². The Hall–Kier alpha value is 0.310. The zero-order valence-electron chi connectivity index (χ0n) is 11.1. The molecule has 1 unspecified atom stereocenters. The Labute approximate surface area is 106 Å². The van der Waals surface area contributed by atoms with Crippen LogP contribution in [0.15, 0.2) is 0 Å². The van der Waals surface area contributed by atoms with E-state index in [1.807, 2.05) is 0 Å². The van der Waals surface area contributed by atoms with Crippen LogP contribution in [0.2, 0.25) is 0 Å². The van der Waals surface area contributed by atoms with E-state index in [0.717, 1.165) is 18.4 Å². The Kier molecular flexibility index (Phi) is 8.40. The maximum absolute atomic E-state index is 3.56. The third-order valence-electron chi connectivity index (χ3n) is 3.79. The lowest BCUT2D eigenvalue weighted by Crippen LogP contribution is -2.27. The van der Waals surface area contributed by atoms with Crippen molar-refractivity contribution in [2.75, 3.05) is 24.6 Å². The molecule has 0 saturated heterocycles. The SMILES string of the molecule is CCNCC(CCCSCC)C1CCCC1. The molecule has 1 aliphatic rings. The molecule has 1 rings (SSSR count). The number of hydrogen-bond acceptors (Lipinski definition) is 2. The summed E-state index contributed by atoms with van der Waals surface area (Å²) in [5.41, 5.74) is 0. The molecular weight excluding hydrogens is 214 g/mol. The molecule has 0 aromatic heterocycles. The van der Waals surface area contributed by atoms with Gasteiger partial charge in [-0.15, -0.1) is 0 Å². The molecule has 0 amide bonds. The number of thioether (sulfide) groups is 1.